The first-order chi connectivity index (χ1) is 9.36. The van der Waals surface area contributed by atoms with E-state index in [1.807, 2.05) is 0 Å². The highest BCUT2D eigenvalue weighted by molar-refractivity contribution is 7.91. The van der Waals surface area contributed by atoms with Gasteiger partial charge in [-0.05, 0) is 31.4 Å². The normalized spacial score (nSPS) is 18.3. The summed E-state index contributed by atoms with van der Waals surface area (Å²) in [6, 6.07) is 1.44. The van der Waals surface area contributed by atoms with Gasteiger partial charge in [0.2, 0.25) is 0 Å². The van der Waals surface area contributed by atoms with Crippen molar-refractivity contribution < 1.29 is 23.1 Å². The van der Waals surface area contributed by atoms with Crippen molar-refractivity contribution in [3.63, 3.8) is 0 Å². The van der Waals surface area contributed by atoms with Gasteiger partial charge in [-0.3, -0.25) is 0 Å². The third-order valence-electron chi connectivity index (χ3n) is 3.42. The number of aryl methyl sites for hydroxylation is 1. The van der Waals surface area contributed by atoms with Crippen molar-refractivity contribution in [1.29, 1.82) is 0 Å². The van der Waals surface area contributed by atoms with Crippen LogP contribution in [0.15, 0.2) is 10.3 Å². The Labute approximate surface area is 122 Å². The minimum atomic E-state index is -3.60. The Bertz CT molecular complexity index is 599. The van der Waals surface area contributed by atoms with Crippen LogP contribution >= 0.6 is 11.3 Å². The maximum Gasteiger partial charge on any atom is 0.346 e. The largest absolute Gasteiger partial charge is 0.477 e. The van der Waals surface area contributed by atoms with Crippen LogP contribution in [0.4, 0.5) is 0 Å². The molecule has 0 aliphatic carbocycles. The predicted octanol–water partition coefficient (Wildman–Crippen LogP) is 1.55. The van der Waals surface area contributed by atoms with Crippen molar-refractivity contribution in [2.24, 2.45) is 0 Å². The van der Waals surface area contributed by atoms with Gasteiger partial charge < -0.3 is 9.84 Å². The molecule has 2 rings (SSSR count). The number of sulfonamides is 1. The van der Waals surface area contributed by atoms with E-state index in [1.165, 1.54) is 10.4 Å². The molecule has 8 heteroatoms. The highest BCUT2D eigenvalue weighted by Gasteiger charge is 2.31. The van der Waals surface area contributed by atoms with Crippen molar-refractivity contribution in [2.45, 2.75) is 30.1 Å². The lowest BCUT2D eigenvalue weighted by Gasteiger charge is -2.29. The number of carboxylic acid groups (broad SMARTS) is 1. The molecular formula is C12H17NO5S2. The summed E-state index contributed by atoms with van der Waals surface area (Å²) in [5.41, 5.74) is 0.479. The zero-order chi connectivity index (χ0) is 14.9. The first-order valence-corrected chi connectivity index (χ1v) is 8.48. The molecule has 0 bridgehead atoms. The molecular weight excluding hydrogens is 302 g/mol. The Kier molecular flexibility index (Phi) is 4.48. The minimum absolute atomic E-state index is 0.0790. The van der Waals surface area contributed by atoms with Crippen molar-refractivity contribution >= 4 is 27.3 Å². The molecule has 1 aromatic heterocycles. The van der Waals surface area contributed by atoms with E-state index in [0.717, 1.165) is 11.3 Å². The highest BCUT2D eigenvalue weighted by Crippen LogP contribution is 2.30. The van der Waals surface area contributed by atoms with E-state index in [9.17, 15) is 13.2 Å². The fraction of sp³-hybridized carbons (Fsp3) is 0.583. The first kappa shape index (κ1) is 15.4. The predicted molar refractivity (Wildman–Crippen MR) is 74.8 cm³/mol. The van der Waals surface area contributed by atoms with Gasteiger partial charge in [0.15, 0.2) is 0 Å². The number of carbonyl (C=O) groups is 1. The number of aromatic carboxylic acids is 1. The molecule has 0 saturated carbocycles. The Morgan fingerprint density at radius 3 is 2.50 bits per heavy atom. The van der Waals surface area contributed by atoms with Gasteiger partial charge >= 0.3 is 5.97 Å². The lowest BCUT2D eigenvalue weighted by Crippen LogP contribution is -2.40. The van der Waals surface area contributed by atoms with Gasteiger partial charge in [-0.25, -0.2) is 13.2 Å². The van der Waals surface area contributed by atoms with Crippen LogP contribution < -0.4 is 0 Å². The first-order valence-electron chi connectivity index (χ1n) is 6.23. The van der Waals surface area contributed by atoms with Gasteiger partial charge in [-0.15, -0.1) is 11.3 Å². The smallest absolute Gasteiger partial charge is 0.346 e. The summed E-state index contributed by atoms with van der Waals surface area (Å²) in [5, 5.41) is 9.01. The van der Waals surface area contributed by atoms with Crippen LogP contribution in [0.25, 0.3) is 0 Å². The van der Waals surface area contributed by atoms with E-state index in [-0.39, 0.29) is 15.2 Å². The molecule has 0 amide bonds. The fourth-order valence-electron chi connectivity index (χ4n) is 2.23. The highest BCUT2D eigenvalue weighted by atomic mass is 32.2. The SMILES string of the molecule is COC1CCN(S(=O)(=O)c2cc(C)c(C(=O)O)s2)CC1. The maximum atomic E-state index is 12.5. The summed E-state index contributed by atoms with van der Waals surface area (Å²) in [5.74, 6) is -1.09. The number of ether oxygens (including phenoxy) is 1. The number of thiophene rings is 1. The summed E-state index contributed by atoms with van der Waals surface area (Å²) >= 11 is 0.814. The number of hydrogen-bond acceptors (Lipinski definition) is 5. The summed E-state index contributed by atoms with van der Waals surface area (Å²) in [4.78, 5) is 11.1. The summed E-state index contributed by atoms with van der Waals surface area (Å²) in [7, 11) is -1.97. The average molecular weight is 319 g/mol. The van der Waals surface area contributed by atoms with E-state index in [0.29, 0.717) is 31.5 Å². The molecule has 1 aromatic rings. The Morgan fingerprint density at radius 1 is 1.45 bits per heavy atom. The molecule has 0 spiro atoms. The quantitative estimate of drug-likeness (QED) is 0.910. The lowest BCUT2D eigenvalue weighted by molar-refractivity contribution is 0.0604. The van der Waals surface area contributed by atoms with Crippen LogP contribution in [0.2, 0.25) is 0 Å². The Morgan fingerprint density at radius 2 is 2.05 bits per heavy atom. The van der Waals surface area contributed by atoms with Gasteiger partial charge in [0.1, 0.15) is 9.09 Å². The molecule has 6 nitrogen and oxygen atoms in total. The lowest BCUT2D eigenvalue weighted by atomic mass is 10.1. The van der Waals surface area contributed by atoms with Gasteiger partial charge in [-0.1, -0.05) is 0 Å². The second-order valence-corrected chi connectivity index (χ2v) is 7.94. The van der Waals surface area contributed by atoms with Crippen molar-refractivity contribution in [2.75, 3.05) is 20.2 Å². The van der Waals surface area contributed by atoms with Gasteiger partial charge in [0.05, 0.1) is 6.10 Å². The number of piperidine rings is 1. The van der Waals surface area contributed by atoms with Crippen LogP contribution in [0.5, 0.6) is 0 Å². The van der Waals surface area contributed by atoms with Crippen LogP contribution in [-0.2, 0) is 14.8 Å². The number of rotatable bonds is 4. The monoisotopic (exact) mass is 319 g/mol. The topological polar surface area (TPSA) is 83.9 Å². The molecule has 112 valence electrons. The standard InChI is InChI=1S/C12H17NO5S2/c1-8-7-10(19-11(8)12(14)15)20(16,17)13-5-3-9(18-2)4-6-13/h7,9H,3-6H2,1-2H3,(H,14,15). The van der Waals surface area contributed by atoms with Crippen LogP contribution in [-0.4, -0.2) is 50.1 Å². The molecule has 0 radical (unpaired) electrons. The second-order valence-electron chi connectivity index (χ2n) is 4.72. The van der Waals surface area contributed by atoms with E-state index < -0.39 is 16.0 Å². The van der Waals surface area contributed by atoms with Gasteiger partial charge in [0.25, 0.3) is 10.0 Å². The molecule has 1 fully saturated rings. The van der Waals surface area contributed by atoms with E-state index in [2.05, 4.69) is 0 Å². The van der Waals surface area contributed by atoms with E-state index in [4.69, 9.17) is 9.84 Å². The van der Waals surface area contributed by atoms with Crippen LogP contribution in [0.3, 0.4) is 0 Å². The van der Waals surface area contributed by atoms with Gasteiger partial charge in [0, 0.05) is 20.2 Å². The summed E-state index contributed by atoms with van der Waals surface area (Å²) in [6.07, 6.45) is 1.42. The average Bonchev–Trinajstić information content (AvgIpc) is 2.82. The maximum absolute atomic E-state index is 12.5. The van der Waals surface area contributed by atoms with Crippen molar-refractivity contribution in [1.82, 2.24) is 4.31 Å². The third kappa shape index (κ3) is 2.88. The molecule has 0 unspecified atom stereocenters. The van der Waals surface area contributed by atoms with Gasteiger partial charge in [-0.2, -0.15) is 4.31 Å². The molecule has 20 heavy (non-hydrogen) atoms. The Hall–Kier alpha value is -0.960. The second kappa shape index (κ2) is 5.80. The van der Waals surface area contributed by atoms with Crippen molar-refractivity contribution in [3.8, 4) is 0 Å². The molecule has 0 aromatic carbocycles. The van der Waals surface area contributed by atoms with Crippen LogP contribution in [0, 0.1) is 6.92 Å². The number of methoxy groups -OCH3 is 1. The minimum Gasteiger partial charge on any atom is -0.477 e. The molecule has 1 saturated heterocycles. The summed E-state index contributed by atoms with van der Waals surface area (Å²) < 4.78 is 31.7. The zero-order valence-corrected chi connectivity index (χ0v) is 13.0. The molecule has 0 atom stereocenters. The molecule has 1 aliphatic heterocycles. The zero-order valence-electron chi connectivity index (χ0n) is 11.3. The fourth-order valence-corrected chi connectivity index (χ4v) is 5.23. The van der Waals surface area contributed by atoms with E-state index >= 15 is 0 Å². The number of hydrogen-bond donors (Lipinski definition) is 1. The van der Waals surface area contributed by atoms with Crippen LogP contribution in [0.1, 0.15) is 28.1 Å². The third-order valence-corrected chi connectivity index (χ3v) is 6.99. The Balaban J connectivity index is 2.23. The molecule has 1 N–H and O–H groups in total. The van der Waals surface area contributed by atoms with E-state index in [1.54, 1.807) is 14.0 Å². The molecule has 2 heterocycles. The number of nitrogens with zero attached hydrogens (tertiary/aromatic N) is 1. The number of carboxylic acids is 1. The summed E-state index contributed by atoms with van der Waals surface area (Å²) in [6.45, 7) is 2.41. The van der Waals surface area contributed by atoms with Crippen molar-refractivity contribution in [3.05, 3.63) is 16.5 Å². The molecule has 1 aliphatic rings.